The van der Waals surface area contributed by atoms with E-state index in [0.29, 0.717) is 54.1 Å². The highest BCUT2D eigenvalue weighted by Gasteiger charge is 2.28. The van der Waals surface area contributed by atoms with Gasteiger partial charge < -0.3 is 44.4 Å². The van der Waals surface area contributed by atoms with Crippen LogP contribution in [0.2, 0.25) is 0 Å². The molecule has 13 heteroatoms. The molecule has 0 aliphatic rings. The molecule has 0 atom stereocenters. The van der Waals surface area contributed by atoms with E-state index in [9.17, 15) is 30.1 Å². The van der Waals surface area contributed by atoms with E-state index in [2.05, 4.69) is 20.8 Å². The third kappa shape index (κ3) is 19.8. The van der Waals surface area contributed by atoms with Gasteiger partial charge in [0.25, 0.3) is 0 Å². The third-order valence-electron chi connectivity index (χ3n) is 11.3. The van der Waals surface area contributed by atoms with Crippen molar-refractivity contribution in [3.05, 3.63) is 54.6 Å². The zero-order valence-corrected chi connectivity index (χ0v) is 37.9. The molecule has 0 aromatic heterocycles. The summed E-state index contributed by atoms with van der Waals surface area (Å²) in [4.78, 5) is 1.91. The quantitative estimate of drug-likeness (QED) is 0.0248. The van der Waals surface area contributed by atoms with Crippen molar-refractivity contribution >= 4 is 54.8 Å². The number of unbranched alkanes of at least 4 members (excludes halogenated alkanes) is 21. The molecule has 0 radical (unpaired) electrons. The average Bonchev–Trinajstić information content (AvgIpc) is 3.25. The maximum absolute atomic E-state index is 10.3. The molecule has 0 aliphatic heterocycles. The Morgan fingerprint density at radius 3 is 0.803 bits per heavy atom. The van der Waals surface area contributed by atoms with Gasteiger partial charge in [-0.1, -0.05) is 174 Å². The largest absolute Gasteiger partial charge is 0.491 e. The van der Waals surface area contributed by atoms with E-state index >= 15 is 0 Å². The summed E-state index contributed by atoms with van der Waals surface area (Å²) in [5.74, 6) is 1.23. The molecule has 6 N–H and O–H groups in total. The molecule has 61 heavy (non-hydrogen) atoms. The van der Waals surface area contributed by atoms with Gasteiger partial charge in [-0.15, -0.1) is 0 Å². The predicted octanol–water partition coefficient (Wildman–Crippen LogP) is 8.75. The molecular weight excluding hydrogens is 767 g/mol. The van der Waals surface area contributed by atoms with Crippen LogP contribution in [0.3, 0.4) is 0 Å². The highest BCUT2D eigenvalue weighted by atomic mass is 16.5. The van der Waals surface area contributed by atoms with Crippen molar-refractivity contribution < 1.29 is 44.4 Å². The van der Waals surface area contributed by atoms with Crippen molar-refractivity contribution in [1.29, 1.82) is 0 Å². The highest BCUT2D eigenvalue weighted by Crippen LogP contribution is 2.47. The first-order chi connectivity index (χ1) is 29.7. The molecule has 3 aromatic carbocycles. The SMILES string of the molecule is CCCCCCCCCCOc1cc(B(O)O)ccc1N(c1ccc(B(O)O)cc1OCCCCCCCCCC)c1ccc(B(O)O)cc1OCCCCCCCCCC. The van der Waals surface area contributed by atoms with Crippen LogP contribution < -0.4 is 35.5 Å². The Hall–Kier alpha value is -3.19. The summed E-state index contributed by atoms with van der Waals surface area (Å²) >= 11 is 0. The van der Waals surface area contributed by atoms with E-state index in [4.69, 9.17) is 14.2 Å². The van der Waals surface area contributed by atoms with Crippen LogP contribution in [-0.4, -0.2) is 71.3 Å². The van der Waals surface area contributed by atoms with Crippen LogP contribution in [0.4, 0.5) is 17.1 Å². The Morgan fingerprint density at radius 1 is 0.344 bits per heavy atom. The minimum atomic E-state index is -1.72. The molecule has 0 fully saturated rings. The van der Waals surface area contributed by atoms with Gasteiger partial charge in [-0.05, 0) is 72.0 Å². The summed E-state index contributed by atoms with van der Waals surface area (Å²) in [6, 6.07) is 15.1. The van der Waals surface area contributed by atoms with Crippen molar-refractivity contribution in [2.45, 2.75) is 175 Å². The number of benzene rings is 3. The van der Waals surface area contributed by atoms with Crippen LogP contribution in [0.25, 0.3) is 0 Å². The Kier molecular flexibility index (Phi) is 27.0. The maximum atomic E-state index is 10.3. The van der Waals surface area contributed by atoms with Crippen LogP contribution in [0.1, 0.15) is 175 Å². The highest BCUT2D eigenvalue weighted by molar-refractivity contribution is 6.59. The van der Waals surface area contributed by atoms with E-state index in [0.717, 1.165) is 57.8 Å². The molecule has 0 bridgehead atoms. The first-order valence-electron chi connectivity index (χ1n) is 23.9. The van der Waals surface area contributed by atoms with Gasteiger partial charge in [0.2, 0.25) is 0 Å². The van der Waals surface area contributed by atoms with Gasteiger partial charge in [0.05, 0.1) is 36.9 Å². The van der Waals surface area contributed by atoms with Crippen molar-refractivity contribution in [2.75, 3.05) is 24.7 Å². The van der Waals surface area contributed by atoms with E-state index in [1.54, 1.807) is 54.6 Å². The molecule has 0 aliphatic carbocycles. The van der Waals surface area contributed by atoms with E-state index < -0.39 is 21.4 Å². The maximum Gasteiger partial charge on any atom is 0.488 e. The second-order valence-electron chi connectivity index (χ2n) is 16.6. The topological polar surface area (TPSA) is 152 Å². The molecule has 0 spiro atoms. The molecule has 0 saturated carbocycles. The van der Waals surface area contributed by atoms with Gasteiger partial charge in [-0.3, -0.25) is 4.90 Å². The number of rotatable bonds is 36. The predicted molar refractivity (Wildman–Crippen MR) is 255 cm³/mol. The summed E-state index contributed by atoms with van der Waals surface area (Å²) in [7, 11) is -5.17. The first-order valence-corrected chi connectivity index (χ1v) is 23.9. The minimum Gasteiger partial charge on any atom is -0.491 e. The molecule has 10 nitrogen and oxygen atoms in total. The van der Waals surface area contributed by atoms with Gasteiger partial charge in [-0.2, -0.15) is 0 Å². The second-order valence-corrected chi connectivity index (χ2v) is 16.6. The second kappa shape index (κ2) is 31.6. The number of nitrogens with zero attached hydrogens (tertiary/aromatic N) is 1. The lowest BCUT2D eigenvalue weighted by molar-refractivity contribution is 0.301. The van der Waals surface area contributed by atoms with Crippen LogP contribution in [0.5, 0.6) is 17.2 Å². The zero-order valence-electron chi connectivity index (χ0n) is 37.9. The fourth-order valence-electron chi connectivity index (χ4n) is 7.62. The molecule has 338 valence electrons. The van der Waals surface area contributed by atoms with Gasteiger partial charge in [0.15, 0.2) is 0 Å². The Balaban J connectivity index is 2.04. The monoisotopic (exact) mass is 846 g/mol. The van der Waals surface area contributed by atoms with Crippen molar-refractivity contribution in [3.63, 3.8) is 0 Å². The van der Waals surface area contributed by atoms with Crippen molar-refractivity contribution in [3.8, 4) is 17.2 Å². The average molecular weight is 846 g/mol. The summed E-state index contributed by atoms with van der Waals surface area (Å²) < 4.78 is 19.5. The Labute approximate surface area is 369 Å². The third-order valence-corrected chi connectivity index (χ3v) is 11.3. The molecule has 3 rings (SSSR count). The molecule has 0 amide bonds. The van der Waals surface area contributed by atoms with E-state index in [1.165, 1.54) is 96.3 Å². The number of anilines is 3. The molecule has 0 saturated heterocycles. The van der Waals surface area contributed by atoms with Crippen LogP contribution in [0.15, 0.2) is 54.6 Å². The molecule has 0 heterocycles. The summed E-state index contributed by atoms with van der Waals surface area (Å²) in [6.45, 7) is 7.90. The number of ether oxygens (including phenoxy) is 3. The number of hydrogen-bond acceptors (Lipinski definition) is 10. The smallest absolute Gasteiger partial charge is 0.488 e. The van der Waals surface area contributed by atoms with Gasteiger partial charge in [0.1, 0.15) is 17.2 Å². The van der Waals surface area contributed by atoms with Crippen LogP contribution in [0, 0.1) is 0 Å². The van der Waals surface area contributed by atoms with E-state index in [1.807, 2.05) is 4.90 Å². The first kappa shape index (κ1) is 52.2. The van der Waals surface area contributed by atoms with Gasteiger partial charge in [-0.25, -0.2) is 0 Å². The molecule has 3 aromatic rings. The van der Waals surface area contributed by atoms with Crippen LogP contribution >= 0.6 is 0 Å². The zero-order chi connectivity index (χ0) is 44.1. The van der Waals surface area contributed by atoms with E-state index in [-0.39, 0.29) is 16.4 Å². The van der Waals surface area contributed by atoms with Gasteiger partial charge >= 0.3 is 21.4 Å². The van der Waals surface area contributed by atoms with Crippen molar-refractivity contribution in [1.82, 2.24) is 0 Å². The summed E-state index contributed by atoms with van der Waals surface area (Å²) in [6.07, 6.45) is 27.3. The Bertz CT molecular complexity index is 1410. The van der Waals surface area contributed by atoms with Gasteiger partial charge in [0, 0.05) is 0 Å². The molecule has 0 unspecified atom stereocenters. The Morgan fingerprint density at radius 2 is 0.574 bits per heavy atom. The summed E-state index contributed by atoms with van der Waals surface area (Å²) in [5.41, 5.74) is 2.49. The lowest BCUT2D eigenvalue weighted by Gasteiger charge is -2.31. The lowest BCUT2D eigenvalue weighted by Crippen LogP contribution is -2.31. The summed E-state index contributed by atoms with van der Waals surface area (Å²) in [5, 5.41) is 61.6. The molecular formula is C48H78B3NO9. The normalized spacial score (nSPS) is 11.2. The minimum absolute atomic E-state index is 0.268. The number of hydrogen-bond donors (Lipinski definition) is 6. The standard InChI is InChI=1S/C48H78B3NO9/c1-4-7-10-13-16-19-22-25-34-59-46-37-40(49(53)54)28-31-43(46)52(44-32-29-41(50(55)56)38-47(44)60-35-26-23-20-17-14-11-8-5-2)45-33-30-42(51(57)58)39-48(45)61-36-27-24-21-18-15-12-9-6-3/h28-33,37-39,53-58H,4-27,34-36H2,1-3H3. The fraction of sp³-hybridized carbons (Fsp3) is 0.625. The van der Waals surface area contributed by atoms with Crippen molar-refractivity contribution in [2.24, 2.45) is 0 Å². The van der Waals surface area contributed by atoms with Crippen LogP contribution in [-0.2, 0) is 0 Å². The fourth-order valence-corrected chi connectivity index (χ4v) is 7.62. The lowest BCUT2D eigenvalue weighted by atomic mass is 9.79.